The van der Waals surface area contributed by atoms with Gasteiger partial charge in [-0.25, -0.2) is 0 Å². The maximum Gasteiger partial charge on any atom is 0.152 e. The standard InChI is InChI=1S/C17H22N2O2S/c18-15-6-2-4-8-17(15)22(20)13-14-5-1-3-7-16(14)19-9-11-21-12-10-19/h1-8,15,17H,9-13,18H2. The van der Waals surface area contributed by atoms with Gasteiger partial charge >= 0.3 is 0 Å². The van der Waals surface area contributed by atoms with Gasteiger partial charge in [0.2, 0.25) is 0 Å². The molecule has 0 amide bonds. The Bertz CT molecular complexity index is 555. The molecule has 1 aliphatic heterocycles. The summed E-state index contributed by atoms with van der Waals surface area (Å²) in [6, 6.07) is 8.05. The lowest BCUT2D eigenvalue weighted by molar-refractivity contribution is 0.122. The van der Waals surface area contributed by atoms with Crippen molar-refractivity contribution < 1.29 is 9.29 Å². The van der Waals surface area contributed by atoms with E-state index in [9.17, 15) is 4.55 Å². The lowest BCUT2D eigenvalue weighted by atomic mass is 10.1. The van der Waals surface area contributed by atoms with E-state index in [2.05, 4.69) is 17.0 Å². The van der Waals surface area contributed by atoms with Crippen molar-refractivity contribution in [2.45, 2.75) is 17.0 Å². The predicted octanol–water partition coefficient (Wildman–Crippen LogP) is 1.59. The van der Waals surface area contributed by atoms with Crippen LogP contribution in [-0.2, 0) is 21.7 Å². The Morgan fingerprint density at radius 2 is 1.91 bits per heavy atom. The number of allylic oxidation sites excluding steroid dienone is 2. The number of nitrogens with two attached hydrogens (primary N) is 1. The Hall–Kier alpha value is -1.27. The second-order valence-electron chi connectivity index (χ2n) is 5.56. The van der Waals surface area contributed by atoms with Gasteiger partial charge < -0.3 is 19.9 Å². The van der Waals surface area contributed by atoms with E-state index in [4.69, 9.17) is 10.5 Å². The first-order valence-corrected chi connectivity index (χ1v) is 9.02. The van der Waals surface area contributed by atoms with Crippen molar-refractivity contribution in [2.24, 2.45) is 5.73 Å². The fourth-order valence-electron chi connectivity index (χ4n) is 2.86. The summed E-state index contributed by atoms with van der Waals surface area (Å²) >= 11 is -1.02. The molecule has 0 radical (unpaired) electrons. The van der Waals surface area contributed by atoms with E-state index in [0.29, 0.717) is 5.75 Å². The highest BCUT2D eigenvalue weighted by molar-refractivity contribution is 7.91. The smallest absolute Gasteiger partial charge is 0.152 e. The molecule has 1 heterocycles. The van der Waals surface area contributed by atoms with Crippen LogP contribution in [0.5, 0.6) is 0 Å². The summed E-state index contributed by atoms with van der Waals surface area (Å²) in [6.07, 6.45) is 7.72. The minimum Gasteiger partial charge on any atom is -0.616 e. The van der Waals surface area contributed by atoms with Crippen molar-refractivity contribution in [2.75, 3.05) is 31.2 Å². The van der Waals surface area contributed by atoms with Crippen molar-refractivity contribution in [3.05, 3.63) is 54.1 Å². The first kappa shape index (κ1) is 15.6. The third-order valence-corrected chi connectivity index (χ3v) is 5.74. The number of nitrogens with zero attached hydrogens (tertiary/aromatic N) is 1. The van der Waals surface area contributed by atoms with Gasteiger partial charge in [0, 0.05) is 24.3 Å². The molecule has 2 aliphatic rings. The number of benzene rings is 1. The van der Waals surface area contributed by atoms with Gasteiger partial charge in [-0.15, -0.1) is 0 Å². The van der Waals surface area contributed by atoms with Crippen molar-refractivity contribution in [1.29, 1.82) is 0 Å². The zero-order valence-electron chi connectivity index (χ0n) is 12.6. The van der Waals surface area contributed by atoms with Gasteiger partial charge in [0.15, 0.2) is 5.25 Å². The molecular formula is C17H22N2O2S. The quantitative estimate of drug-likeness (QED) is 0.857. The summed E-state index contributed by atoms with van der Waals surface area (Å²) in [5, 5.41) is -0.109. The molecular weight excluding hydrogens is 296 g/mol. The van der Waals surface area contributed by atoms with Crippen molar-refractivity contribution in [1.82, 2.24) is 0 Å². The maximum absolute atomic E-state index is 12.7. The zero-order valence-corrected chi connectivity index (χ0v) is 13.4. The van der Waals surface area contributed by atoms with Crippen LogP contribution >= 0.6 is 0 Å². The highest BCUT2D eigenvalue weighted by Gasteiger charge is 2.28. The van der Waals surface area contributed by atoms with Crippen molar-refractivity contribution in [3.8, 4) is 0 Å². The van der Waals surface area contributed by atoms with Crippen molar-refractivity contribution in [3.63, 3.8) is 0 Å². The molecule has 1 aromatic carbocycles. The molecule has 0 spiro atoms. The Morgan fingerprint density at radius 1 is 1.18 bits per heavy atom. The number of anilines is 1. The summed E-state index contributed by atoms with van der Waals surface area (Å²) in [5.74, 6) is 0.532. The molecule has 3 atom stereocenters. The molecule has 3 rings (SSSR count). The Morgan fingerprint density at radius 3 is 2.68 bits per heavy atom. The number of ether oxygens (including phenoxy) is 1. The largest absolute Gasteiger partial charge is 0.616 e. The summed E-state index contributed by atoms with van der Waals surface area (Å²) in [5.41, 5.74) is 8.35. The van der Waals surface area contributed by atoms with Crippen LogP contribution in [0.25, 0.3) is 0 Å². The van der Waals surface area contributed by atoms with Crippen LogP contribution in [0.4, 0.5) is 5.69 Å². The van der Waals surface area contributed by atoms with Crippen LogP contribution < -0.4 is 10.6 Å². The minimum atomic E-state index is -1.02. The second-order valence-corrected chi connectivity index (χ2v) is 7.16. The normalized spacial score (nSPS) is 26.2. The number of hydrogen-bond acceptors (Lipinski definition) is 4. The van der Waals surface area contributed by atoms with Crippen molar-refractivity contribution >= 4 is 16.9 Å². The molecule has 22 heavy (non-hydrogen) atoms. The van der Waals surface area contributed by atoms with E-state index >= 15 is 0 Å². The van der Waals surface area contributed by atoms with E-state index in [1.54, 1.807) is 0 Å². The molecule has 1 aliphatic carbocycles. The van der Waals surface area contributed by atoms with E-state index in [-0.39, 0.29) is 11.3 Å². The van der Waals surface area contributed by atoms with E-state index in [1.165, 1.54) is 5.69 Å². The van der Waals surface area contributed by atoms with Gasteiger partial charge in [0.25, 0.3) is 0 Å². The average Bonchev–Trinajstić information content (AvgIpc) is 2.56. The molecule has 0 bridgehead atoms. The van der Waals surface area contributed by atoms with Gasteiger partial charge in [-0.3, -0.25) is 0 Å². The first-order chi connectivity index (χ1) is 10.8. The van der Waals surface area contributed by atoms with E-state index < -0.39 is 11.2 Å². The summed E-state index contributed by atoms with van der Waals surface area (Å²) < 4.78 is 18.1. The van der Waals surface area contributed by atoms with Gasteiger partial charge in [-0.2, -0.15) is 0 Å². The molecule has 0 saturated carbocycles. The maximum atomic E-state index is 12.7. The van der Waals surface area contributed by atoms with Crippen LogP contribution in [0, 0.1) is 0 Å². The fraction of sp³-hybridized carbons (Fsp3) is 0.412. The number of para-hydroxylation sites is 1. The lowest BCUT2D eigenvalue weighted by Crippen LogP contribution is -2.40. The predicted molar refractivity (Wildman–Crippen MR) is 91.4 cm³/mol. The van der Waals surface area contributed by atoms with Crippen LogP contribution in [0.2, 0.25) is 0 Å². The molecule has 118 valence electrons. The molecule has 4 nitrogen and oxygen atoms in total. The number of rotatable bonds is 4. The average molecular weight is 318 g/mol. The Labute approximate surface area is 134 Å². The van der Waals surface area contributed by atoms with Crippen LogP contribution in [0.1, 0.15) is 5.56 Å². The minimum absolute atomic E-state index is 0.109. The van der Waals surface area contributed by atoms with Crippen LogP contribution in [0.3, 0.4) is 0 Å². The SMILES string of the molecule is NC1C=CC=CC1[S+]([O-])Cc1ccccc1N1CCOCC1. The summed E-state index contributed by atoms with van der Waals surface area (Å²) in [7, 11) is 0. The zero-order chi connectivity index (χ0) is 15.4. The monoisotopic (exact) mass is 318 g/mol. The molecule has 3 unspecified atom stereocenters. The highest BCUT2D eigenvalue weighted by atomic mass is 32.2. The Kier molecular flexibility index (Phi) is 5.20. The molecule has 1 saturated heterocycles. The molecule has 5 heteroatoms. The third kappa shape index (κ3) is 3.55. The van der Waals surface area contributed by atoms with Gasteiger partial charge in [-0.1, -0.05) is 36.4 Å². The lowest BCUT2D eigenvalue weighted by Gasteiger charge is -2.31. The van der Waals surface area contributed by atoms with Gasteiger partial charge in [0.1, 0.15) is 5.75 Å². The topological polar surface area (TPSA) is 61.5 Å². The fourth-order valence-corrected chi connectivity index (χ4v) is 4.31. The number of hydrogen-bond donors (Lipinski definition) is 1. The second kappa shape index (κ2) is 7.33. The van der Waals surface area contributed by atoms with E-state index in [0.717, 1.165) is 31.9 Å². The van der Waals surface area contributed by atoms with Gasteiger partial charge in [-0.05, 0) is 23.3 Å². The molecule has 2 N–H and O–H groups in total. The molecule has 1 aromatic rings. The van der Waals surface area contributed by atoms with Crippen LogP contribution in [0.15, 0.2) is 48.6 Å². The van der Waals surface area contributed by atoms with Crippen LogP contribution in [-0.4, -0.2) is 42.1 Å². The Balaban J connectivity index is 1.74. The number of morpholine rings is 1. The van der Waals surface area contributed by atoms with Gasteiger partial charge in [0.05, 0.1) is 19.3 Å². The summed E-state index contributed by atoms with van der Waals surface area (Å²) in [6.45, 7) is 3.27. The molecule has 0 aromatic heterocycles. The van der Waals surface area contributed by atoms with E-state index in [1.807, 2.05) is 36.4 Å². The first-order valence-electron chi connectivity index (χ1n) is 7.64. The summed E-state index contributed by atoms with van der Waals surface area (Å²) in [4.78, 5) is 2.31. The highest BCUT2D eigenvalue weighted by Crippen LogP contribution is 2.26. The third-order valence-electron chi connectivity index (χ3n) is 4.07. The molecule has 1 fully saturated rings.